The number of nitrogens with zero attached hydrogens (tertiary/aromatic N) is 2. The largest absolute Gasteiger partial charge is 0.283 e. The van der Waals surface area contributed by atoms with Crippen LogP contribution in [0.3, 0.4) is 0 Å². The highest BCUT2D eigenvalue weighted by molar-refractivity contribution is 6.15. The fourth-order valence-corrected chi connectivity index (χ4v) is 0.664. The average molecular weight is 123 g/mol. The first-order valence-corrected chi connectivity index (χ1v) is 2.85. The van der Waals surface area contributed by atoms with Gasteiger partial charge in [-0.05, 0) is 6.92 Å². The maximum absolute atomic E-state index is 7.31. The second kappa shape index (κ2) is 2.01. The molecule has 0 saturated carbocycles. The Bertz CT molecular complexity index is 181. The number of hydrazone groups is 1. The van der Waals surface area contributed by atoms with Crippen LogP contribution in [0.25, 0.3) is 0 Å². The van der Waals surface area contributed by atoms with E-state index in [1.807, 2.05) is 6.92 Å². The van der Waals surface area contributed by atoms with Gasteiger partial charge in [0.1, 0.15) is 5.84 Å². The maximum atomic E-state index is 7.31. The van der Waals surface area contributed by atoms with Crippen molar-refractivity contribution in [3.8, 4) is 0 Å². The van der Waals surface area contributed by atoms with Gasteiger partial charge in [0.05, 0.1) is 6.21 Å². The van der Waals surface area contributed by atoms with E-state index in [0.29, 0.717) is 11.4 Å². The van der Waals surface area contributed by atoms with Crippen LogP contribution in [0.15, 0.2) is 17.3 Å². The Morgan fingerprint density at radius 3 is 2.78 bits per heavy atom. The van der Waals surface area contributed by atoms with Gasteiger partial charge in [0, 0.05) is 12.1 Å². The molecule has 0 amide bonds. The lowest BCUT2D eigenvalue weighted by Crippen LogP contribution is -2.20. The lowest BCUT2D eigenvalue weighted by Gasteiger charge is -2.09. The lowest BCUT2D eigenvalue weighted by molar-refractivity contribution is 0.481. The third-order valence-electron chi connectivity index (χ3n) is 1.21. The summed E-state index contributed by atoms with van der Waals surface area (Å²) in [5.41, 5.74) is 0.692. The van der Waals surface area contributed by atoms with Gasteiger partial charge in [-0.15, -0.1) is 0 Å². The Morgan fingerprint density at radius 1 is 1.89 bits per heavy atom. The molecule has 1 heterocycles. The zero-order valence-electron chi connectivity index (χ0n) is 5.39. The molecule has 0 unspecified atom stereocenters. The minimum atomic E-state index is 0.414. The molecule has 0 atom stereocenters. The van der Waals surface area contributed by atoms with Gasteiger partial charge in [-0.1, -0.05) is 6.58 Å². The van der Waals surface area contributed by atoms with Crippen LogP contribution in [0.2, 0.25) is 0 Å². The van der Waals surface area contributed by atoms with Crippen molar-refractivity contribution in [2.45, 2.75) is 6.92 Å². The molecule has 0 fully saturated rings. The van der Waals surface area contributed by atoms with Crippen molar-refractivity contribution in [2.75, 3.05) is 6.54 Å². The third-order valence-corrected chi connectivity index (χ3v) is 1.21. The summed E-state index contributed by atoms with van der Waals surface area (Å²) in [7, 11) is 0. The fraction of sp³-hybridized carbons (Fsp3) is 0.333. The Balaban J connectivity index is 2.73. The molecule has 3 nitrogen and oxygen atoms in total. The van der Waals surface area contributed by atoms with Crippen LogP contribution in [-0.2, 0) is 0 Å². The Kier molecular flexibility index (Phi) is 1.34. The molecule has 0 radical (unpaired) electrons. The van der Waals surface area contributed by atoms with Gasteiger partial charge in [0.25, 0.3) is 0 Å². The number of amidine groups is 1. The summed E-state index contributed by atoms with van der Waals surface area (Å²) in [4.78, 5) is 0. The molecule has 0 spiro atoms. The van der Waals surface area contributed by atoms with Crippen LogP contribution in [0, 0.1) is 5.41 Å². The van der Waals surface area contributed by atoms with Crippen molar-refractivity contribution in [1.82, 2.24) is 5.01 Å². The molecule has 0 aromatic rings. The highest BCUT2D eigenvalue weighted by atomic mass is 15.5. The Hall–Kier alpha value is -1.12. The van der Waals surface area contributed by atoms with Crippen LogP contribution in [0.1, 0.15) is 6.92 Å². The van der Waals surface area contributed by atoms with Gasteiger partial charge in [-0.2, -0.15) is 5.10 Å². The van der Waals surface area contributed by atoms with E-state index >= 15 is 0 Å². The molecule has 0 saturated heterocycles. The molecule has 9 heavy (non-hydrogen) atoms. The predicted molar refractivity (Wildman–Crippen MR) is 37.7 cm³/mol. The van der Waals surface area contributed by atoms with E-state index in [1.165, 1.54) is 0 Å². The SMILES string of the molecule is C=C1C=NN(CC)C1=N. The minimum Gasteiger partial charge on any atom is -0.283 e. The smallest absolute Gasteiger partial charge is 0.149 e. The van der Waals surface area contributed by atoms with Gasteiger partial charge in [0.2, 0.25) is 0 Å². The van der Waals surface area contributed by atoms with Crippen molar-refractivity contribution in [3.63, 3.8) is 0 Å². The van der Waals surface area contributed by atoms with Crippen molar-refractivity contribution in [3.05, 3.63) is 12.2 Å². The molecule has 0 aliphatic carbocycles. The van der Waals surface area contributed by atoms with Gasteiger partial charge in [0.15, 0.2) is 0 Å². The average Bonchev–Trinajstić information content (AvgIpc) is 2.15. The summed E-state index contributed by atoms with van der Waals surface area (Å²) < 4.78 is 0. The zero-order chi connectivity index (χ0) is 6.85. The van der Waals surface area contributed by atoms with E-state index in [4.69, 9.17) is 5.41 Å². The molecule has 1 aliphatic heterocycles. The fourth-order valence-electron chi connectivity index (χ4n) is 0.664. The number of hydrogen-bond acceptors (Lipinski definition) is 2. The van der Waals surface area contributed by atoms with E-state index in [1.54, 1.807) is 11.2 Å². The highest BCUT2D eigenvalue weighted by Crippen LogP contribution is 2.05. The van der Waals surface area contributed by atoms with Crippen LogP contribution < -0.4 is 0 Å². The van der Waals surface area contributed by atoms with Crippen molar-refractivity contribution >= 4 is 12.1 Å². The van der Waals surface area contributed by atoms with Crippen molar-refractivity contribution < 1.29 is 0 Å². The summed E-state index contributed by atoms with van der Waals surface area (Å²) in [5.74, 6) is 0.414. The van der Waals surface area contributed by atoms with Gasteiger partial charge in [-0.3, -0.25) is 5.41 Å². The maximum Gasteiger partial charge on any atom is 0.149 e. The highest BCUT2D eigenvalue weighted by Gasteiger charge is 2.13. The monoisotopic (exact) mass is 123 g/mol. The van der Waals surface area contributed by atoms with Gasteiger partial charge < -0.3 is 0 Å². The molecule has 48 valence electrons. The molecular formula is C6H9N3. The molecular weight excluding hydrogens is 114 g/mol. The standard InChI is InChI=1S/C6H9N3/c1-3-9-6(7)5(2)4-8-9/h4,7H,2-3H2,1H3. The first kappa shape index (κ1) is 6.01. The van der Waals surface area contributed by atoms with Crippen molar-refractivity contribution in [2.24, 2.45) is 5.10 Å². The van der Waals surface area contributed by atoms with E-state index in [0.717, 1.165) is 6.54 Å². The quantitative estimate of drug-likeness (QED) is 0.551. The molecule has 1 aliphatic rings. The Labute approximate surface area is 54.2 Å². The van der Waals surface area contributed by atoms with Crippen molar-refractivity contribution in [1.29, 1.82) is 5.41 Å². The van der Waals surface area contributed by atoms with Crippen LogP contribution in [0.4, 0.5) is 0 Å². The van der Waals surface area contributed by atoms with E-state index < -0.39 is 0 Å². The van der Waals surface area contributed by atoms with Gasteiger partial charge >= 0.3 is 0 Å². The third kappa shape index (κ3) is 0.850. The summed E-state index contributed by atoms with van der Waals surface area (Å²) in [5, 5.41) is 12.8. The normalized spacial score (nSPS) is 17.7. The summed E-state index contributed by atoms with van der Waals surface area (Å²) in [6, 6.07) is 0. The first-order chi connectivity index (χ1) is 4.25. The minimum absolute atomic E-state index is 0.414. The van der Waals surface area contributed by atoms with Gasteiger partial charge in [-0.25, -0.2) is 5.01 Å². The summed E-state index contributed by atoms with van der Waals surface area (Å²) >= 11 is 0. The predicted octanol–water partition coefficient (Wildman–Crippen LogP) is 0.841. The molecule has 0 aromatic carbocycles. The number of hydrogen-bond donors (Lipinski definition) is 1. The first-order valence-electron chi connectivity index (χ1n) is 2.85. The van der Waals surface area contributed by atoms with E-state index in [-0.39, 0.29) is 0 Å². The molecule has 1 rings (SSSR count). The topological polar surface area (TPSA) is 39.5 Å². The van der Waals surface area contributed by atoms with Crippen LogP contribution >= 0.6 is 0 Å². The Morgan fingerprint density at radius 2 is 2.56 bits per heavy atom. The number of likely N-dealkylation sites (N-methyl/N-ethyl adjacent to an activating group) is 1. The lowest BCUT2D eigenvalue weighted by atomic mass is 10.3. The van der Waals surface area contributed by atoms with E-state index in [9.17, 15) is 0 Å². The van der Waals surface area contributed by atoms with Crippen LogP contribution in [0.5, 0.6) is 0 Å². The second-order valence-corrected chi connectivity index (χ2v) is 1.83. The number of nitrogens with one attached hydrogen (secondary N) is 1. The molecule has 0 bridgehead atoms. The molecule has 3 heteroatoms. The van der Waals surface area contributed by atoms with Crippen LogP contribution in [-0.4, -0.2) is 23.6 Å². The number of rotatable bonds is 1. The summed E-state index contributed by atoms with van der Waals surface area (Å²) in [6.45, 7) is 6.31. The zero-order valence-corrected chi connectivity index (χ0v) is 5.39. The van der Waals surface area contributed by atoms with E-state index in [2.05, 4.69) is 11.7 Å². The summed E-state index contributed by atoms with van der Waals surface area (Å²) in [6.07, 6.45) is 1.60. The second-order valence-electron chi connectivity index (χ2n) is 1.83. The molecule has 1 N–H and O–H groups in total. The molecule has 0 aromatic heterocycles.